The van der Waals surface area contributed by atoms with Crippen molar-refractivity contribution in [2.75, 3.05) is 0 Å². The Bertz CT molecular complexity index is 124. The smallest absolute Gasteiger partial charge is 0.0694 e. The van der Waals surface area contributed by atoms with Gasteiger partial charge in [0, 0.05) is 12.8 Å². The monoisotopic (exact) mass is 158 g/mol. The molecule has 0 aromatic heterocycles. The Kier molecular flexibility index (Phi) is 2.55. The van der Waals surface area contributed by atoms with Crippen LogP contribution < -0.4 is 0 Å². The summed E-state index contributed by atoms with van der Waals surface area (Å²) in [4.78, 5) is 0. The largest absolute Gasteiger partial charge is 0.390 e. The van der Waals surface area contributed by atoms with E-state index in [1.807, 2.05) is 20.8 Å². The van der Waals surface area contributed by atoms with Crippen molar-refractivity contribution >= 4 is 0 Å². The number of rotatable bonds is 1. The number of hydrogen-bond donors (Lipinski definition) is 1. The average Bonchev–Trinajstić information content (AvgIpc) is 1.84. The summed E-state index contributed by atoms with van der Waals surface area (Å²) >= 11 is 0. The first-order valence-electron chi connectivity index (χ1n) is 4.43. The maximum atomic E-state index is 9.94. The Morgan fingerprint density at radius 2 is 1.82 bits per heavy atom. The fourth-order valence-corrected chi connectivity index (χ4v) is 1.93. The zero-order chi connectivity index (χ0) is 8.48. The standard InChI is InChI=1S/C9H18O2/c1-4-9(10)5-7(2)11-8(3)6-9/h7-8,10H,4-6H2,1-3H3/t7-,8+,9-. The molecule has 1 N–H and O–H groups in total. The molecule has 0 unspecified atom stereocenters. The van der Waals surface area contributed by atoms with Gasteiger partial charge < -0.3 is 9.84 Å². The molecule has 1 aliphatic heterocycles. The molecule has 0 radical (unpaired) electrons. The SMILES string of the molecule is CC[C@@]1(O)C[C@@H](C)O[C@@H](C)C1. The summed E-state index contributed by atoms with van der Waals surface area (Å²) < 4.78 is 5.52. The highest BCUT2D eigenvalue weighted by atomic mass is 16.5. The number of ether oxygens (including phenoxy) is 1. The Balaban J connectivity index is 2.55. The molecule has 0 saturated carbocycles. The van der Waals surface area contributed by atoms with Gasteiger partial charge >= 0.3 is 0 Å². The molecule has 1 heterocycles. The molecular formula is C9H18O2. The minimum absolute atomic E-state index is 0.212. The molecule has 2 nitrogen and oxygen atoms in total. The zero-order valence-corrected chi connectivity index (χ0v) is 7.63. The van der Waals surface area contributed by atoms with Crippen molar-refractivity contribution in [3.8, 4) is 0 Å². The van der Waals surface area contributed by atoms with Crippen molar-refractivity contribution in [3.63, 3.8) is 0 Å². The van der Waals surface area contributed by atoms with Gasteiger partial charge in [-0.3, -0.25) is 0 Å². The minimum atomic E-state index is -0.461. The van der Waals surface area contributed by atoms with E-state index in [2.05, 4.69) is 0 Å². The molecule has 2 heteroatoms. The predicted octanol–water partition coefficient (Wildman–Crippen LogP) is 1.71. The lowest BCUT2D eigenvalue weighted by atomic mass is 9.86. The maximum Gasteiger partial charge on any atom is 0.0694 e. The lowest BCUT2D eigenvalue weighted by molar-refractivity contribution is -0.132. The maximum absolute atomic E-state index is 9.94. The molecule has 0 amide bonds. The van der Waals surface area contributed by atoms with Crippen molar-refractivity contribution < 1.29 is 9.84 Å². The molecule has 66 valence electrons. The van der Waals surface area contributed by atoms with Crippen LogP contribution in [0.3, 0.4) is 0 Å². The molecule has 0 aromatic rings. The van der Waals surface area contributed by atoms with Crippen LogP contribution in [-0.2, 0) is 4.74 Å². The summed E-state index contributed by atoms with van der Waals surface area (Å²) in [6.45, 7) is 6.08. The third-order valence-corrected chi connectivity index (χ3v) is 2.46. The summed E-state index contributed by atoms with van der Waals surface area (Å²) in [7, 11) is 0. The van der Waals surface area contributed by atoms with Gasteiger partial charge in [-0.25, -0.2) is 0 Å². The number of hydrogen-bond acceptors (Lipinski definition) is 2. The first-order valence-corrected chi connectivity index (χ1v) is 4.43. The molecule has 1 saturated heterocycles. The predicted molar refractivity (Wildman–Crippen MR) is 44.5 cm³/mol. The first kappa shape index (κ1) is 9.01. The highest BCUT2D eigenvalue weighted by Crippen LogP contribution is 2.30. The van der Waals surface area contributed by atoms with Crippen molar-refractivity contribution in [2.24, 2.45) is 0 Å². The molecule has 1 rings (SSSR count). The Morgan fingerprint density at radius 3 is 2.18 bits per heavy atom. The van der Waals surface area contributed by atoms with E-state index in [-0.39, 0.29) is 12.2 Å². The third-order valence-electron chi connectivity index (χ3n) is 2.46. The summed E-state index contributed by atoms with van der Waals surface area (Å²) in [6, 6.07) is 0. The fraction of sp³-hybridized carbons (Fsp3) is 1.00. The topological polar surface area (TPSA) is 29.5 Å². The van der Waals surface area contributed by atoms with Crippen molar-refractivity contribution in [1.29, 1.82) is 0 Å². The fourth-order valence-electron chi connectivity index (χ4n) is 1.93. The lowest BCUT2D eigenvalue weighted by Gasteiger charge is -2.38. The van der Waals surface area contributed by atoms with E-state index in [0.717, 1.165) is 19.3 Å². The molecular weight excluding hydrogens is 140 g/mol. The van der Waals surface area contributed by atoms with Crippen LogP contribution in [0.4, 0.5) is 0 Å². The molecule has 11 heavy (non-hydrogen) atoms. The summed E-state index contributed by atoms with van der Waals surface area (Å²) in [5, 5.41) is 9.94. The Hall–Kier alpha value is -0.0800. The van der Waals surface area contributed by atoms with Crippen molar-refractivity contribution in [3.05, 3.63) is 0 Å². The summed E-state index contributed by atoms with van der Waals surface area (Å²) in [5.41, 5.74) is -0.461. The van der Waals surface area contributed by atoms with Gasteiger partial charge in [0.1, 0.15) is 0 Å². The van der Waals surface area contributed by atoms with Gasteiger partial charge in [0.05, 0.1) is 17.8 Å². The highest BCUT2D eigenvalue weighted by molar-refractivity contribution is 4.85. The molecule has 1 fully saturated rings. The minimum Gasteiger partial charge on any atom is -0.390 e. The second-order valence-electron chi connectivity index (χ2n) is 3.74. The van der Waals surface area contributed by atoms with Crippen LogP contribution in [0.5, 0.6) is 0 Å². The number of aliphatic hydroxyl groups is 1. The van der Waals surface area contributed by atoms with Crippen LogP contribution in [0.25, 0.3) is 0 Å². The van der Waals surface area contributed by atoms with E-state index in [0.29, 0.717) is 0 Å². The van der Waals surface area contributed by atoms with E-state index >= 15 is 0 Å². The average molecular weight is 158 g/mol. The highest BCUT2D eigenvalue weighted by Gasteiger charge is 2.34. The molecule has 0 bridgehead atoms. The summed E-state index contributed by atoms with van der Waals surface area (Å²) in [6.07, 6.45) is 2.83. The normalized spacial score (nSPS) is 45.8. The van der Waals surface area contributed by atoms with E-state index < -0.39 is 5.60 Å². The molecule has 3 atom stereocenters. The van der Waals surface area contributed by atoms with Crippen LogP contribution in [0.1, 0.15) is 40.0 Å². The van der Waals surface area contributed by atoms with E-state index in [4.69, 9.17) is 4.74 Å². The second kappa shape index (κ2) is 3.11. The van der Waals surface area contributed by atoms with Gasteiger partial charge in [-0.2, -0.15) is 0 Å². The van der Waals surface area contributed by atoms with E-state index in [1.54, 1.807) is 0 Å². The van der Waals surface area contributed by atoms with Crippen LogP contribution >= 0.6 is 0 Å². The lowest BCUT2D eigenvalue weighted by Crippen LogP contribution is -2.42. The first-order chi connectivity index (χ1) is 5.06. The Morgan fingerprint density at radius 1 is 1.36 bits per heavy atom. The van der Waals surface area contributed by atoms with Gasteiger partial charge in [-0.05, 0) is 20.3 Å². The van der Waals surface area contributed by atoms with Crippen LogP contribution in [0.15, 0.2) is 0 Å². The van der Waals surface area contributed by atoms with Crippen LogP contribution in [0, 0.1) is 0 Å². The zero-order valence-electron chi connectivity index (χ0n) is 7.63. The second-order valence-corrected chi connectivity index (χ2v) is 3.74. The molecule has 0 aliphatic carbocycles. The van der Waals surface area contributed by atoms with Crippen molar-refractivity contribution in [2.45, 2.75) is 57.8 Å². The van der Waals surface area contributed by atoms with Gasteiger partial charge in [-0.1, -0.05) is 6.92 Å². The molecule has 1 aliphatic rings. The van der Waals surface area contributed by atoms with Crippen LogP contribution in [-0.4, -0.2) is 22.9 Å². The summed E-state index contributed by atoms with van der Waals surface area (Å²) in [5.74, 6) is 0. The van der Waals surface area contributed by atoms with Gasteiger partial charge in [-0.15, -0.1) is 0 Å². The molecule has 0 spiro atoms. The van der Waals surface area contributed by atoms with E-state index in [9.17, 15) is 5.11 Å². The van der Waals surface area contributed by atoms with Crippen molar-refractivity contribution in [1.82, 2.24) is 0 Å². The van der Waals surface area contributed by atoms with Gasteiger partial charge in [0.15, 0.2) is 0 Å². The van der Waals surface area contributed by atoms with Gasteiger partial charge in [0.25, 0.3) is 0 Å². The quantitative estimate of drug-likeness (QED) is 0.629. The van der Waals surface area contributed by atoms with E-state index in [1.165, 1.54) is 0 Å². The third kappa shape index (κ3) is 2.17. The molecule has 0 aromatic carbocycles. The van der Waals surface area contributed by atoms with Gasteiger partial charge in [0.2, 0.25) is 0 Å². The van der Waals surface area contributed by atoms with Crippen LogP contribution in [0.2, 0.25) is 0 Å². The Labute approximate surface area is 68.6 Å².